The van der Waals surface area contributed by atoms with Crippen molar-refractivity contribution in [2.75, 3.05) is 6.54 Å². The predicted molar refractivity (Wildman–Crippen MR) is 73.7 cm³/mol. The third-order valence-corrected chi connectivity index (χ3v) is 4.28. The van der Waals surface area contributed by atoms with E-state index in [0.29, 0.717) is 11.8 Å². The molecule has 2 N–H and O–H groups in total. The second-order valence-electron chi connectivity index (χ2n) is 5.49. The Morgan fingerprint density at radius 1 is 1.22 bits per heavy atom. The molecule has 18 heavy (non-hydrogen) atoms. The lowest BCUT2D eigenvalue weighted by molar-refractivity contribution is 0.404. The summed E-state index contributed by atoms with van der Waals surface area (Å²) in [6.45, 7) is 1.10. The highest BCUT2D eigenvalue weighted by Gasteiger charge is 2.24. The minimum atomic E-state index is 0.443. The molecule has 1 aromatic carbocycles. The second-order valence-corrected chi connectivity index (χ2v) is 5.49. The van der Waals surface area contributed by atoms with Crippen LogP contribution in [0.4, 0.5) is 0 Å². The van der Waals surface area contributed by atoms with E-state index in [2.05, 4.69) is 23.5 Å². The van der Waals surface area contributed by atoms with E-state index in [1.165, 1.54) is 24.8 Å². The SMILES string of the molecule is Oc1cccc2c1CCC2NCC1CC=CCC1. The van der Waals surface area contributed by atoms with Crippen molar-refractivity contribution in [1.29, 1.82) is 0 Å². The molecule has 0 fully saturated rings. The van der Waals surface area contributed by atoms with Gasteiger partial charge in [-0.3, -0.25) is 0 Å². The zero-order valence-electron chi connectivity index (χ0n) is 10.7. The van der Waals surface area contributed by atoms with Gasteiger partial charge < -0.3 is 10.4 Å². The van der Waals surface area contributed by atoms with Gasteiger partial charge >= 0.3 is 0 Å². The normalized spacial score (nSPS) is 26.2. The first kappa shape index (κ1) is 11.8. The highest BCUT2D eigenvalue weighted by atomic mass is 16.3. The molecule has 2 atom stereocenters. The summed E-state index contributed by atoms with van der Waals surface area (Å²) in [4.78, 5) is 0. The summed E-state index contributed by atoms with van der Waals surface area (Å²) in [6, 6.07) is 6.35. The minimum Gasteiger partial charge on any atom is -0.508 e. The fraction of sp³-hybridized carbons (Fsp3) is 0.500. The molecule has 1 aromatic rings. The van der Waals surface area contributed by atoms with Crippen molar-refractivity contribution in [3.63, 3.8) is 0 Å². The van der Waals surface area contributed by atoms with Crippen LogP contribution in [-0.4, -0.2) is 11.7 Å². The average molecular weight is 243 g/mol. The van der Waals surface area contributed by atoms with Crippen molar-refractivity contribution < 1.29 is 5.11 Å². The Morgan fingerprint density at radius 2 is 2.17 bits per heavy atom. The number of aromatic hydroxyl groups is 1. The van der Waals surface area contributed by atoms with Crippen LogP contribution in [0.2, 0.25) is 0 Å². The molecule has 2 heteroatoms. The molecule has 2 unspecified atom stereocenters. The average Bonchev–Trinajstić information content (AvgIpc) is 2.82. The van der Waals surface area contributed by atoms with Crippen LogP contribution in [0.3, 0.4) is 0 Å². The topological polar surface area (TPSA) is 32.3 Å². The number of rotatable bonds is 3. The molecule has 0 heterocycles. The Bertz CT molecular complexity index is 452. The number of phenols is 1. The number of benzene rings is 1. The highest BCUT2D eigenvalue weighted by molar-refractivity contribution is 5.44. The molecular weight excluding hydrogens is 222 g/mol. The molecule has 0 saturated carbocycles. The zero-order chi connectivity index (χ0) is 12.4. The number of fused-ring (bicyclic) bond motifs is 1. The fourth-order valence-electron chi connectivity index (χ4n) is 3.20. The van der Waals surface area contributed by atoms with Crippen LogP contribution in [0.25, 0.3) is 0 Å². The summed E-state index contributed by atoms with van der Waals surface area (Å²) in [7, 11) is 0. The lowest BCUT2D eigenvalue weighted by atomic mass is 9.94. The first-order valence-electron chi connectivity index (χ1n) is 7.03. The number of nitrogens with one attached hydrogen (secondary N) is 1. The van der Waals surface area contributed by atoms with Crippen LogP contribution in [0.5, 0.6) is 5.75 Å². The molecule has 2 nitrogen and oxygen atoms in total. The molecule has 0 amide bonds. The Morgan fingerprint density at radius 3 is 3.00 bits per heavy atom. The summed E-state index contributed by atoms with van der Waals surface area (Å²) < 4.78 is 0. The van der Waals surface area contributed by atoms with E-state index >= 15 is 0 Å². The van der Waals surface area contributed by atoms with Gasteiger partial charge in [-0.1, -0.05) is 24.3 Å². The van der Waals surface area contributed by atoms with Gasteiger partial charge in [0.25, 0.3) is 0 Å². The summed E-state index contributed by atoms with van der Waals surface area (Å²) in [5.74, 6) is 1.26. The van der Waals surface area contributed by atoms with Gasteiger partial charge in [-0.15, -0.1) is 0 Å². The Kier molecular flexibility index (Phi) is 3.37. The maximum atomic E-state index is 9.83. The summed E-state index contributed by atoms with van der Waals surface area (Å²) in [5, 5.41) is 13.5. The molecule has 96 valence electrons. The van der Waals surface area contributed by atoms with Gasteiger partial charge in [-0.2, -0.15) is 0 Å². The van der Waals surface area contributed by atoms with E-state index in [1.54, 1.807) is 6.07 Å². The van der Waals surface area contributed by atoms with Crippen molar-refractivity contribution in [1.82, 2.24) is 5.32 Å². The molecule has 0 aliphatic heterocycles. The lowest BCUT2D eigenvalue weighted by Gasteiger charge is -2.21. The van der Waals surface area contributed by atoms with Crippen LogP contribution >= 0.6 is 0 Å². The quantitative estimate of drug-likeness (QED) is 0.798. The maximum absolute atomic E-state index is 9.83. The van der Waals surface area contributed by atoms with Crippen molar-refractivity contribution in [3.05, 3.63) is 41.5 Å². The third-order valence-electron chi connectivity index (χ3n) is 4.28. The zero-order valence-corrected chi connectivity index (χ0v) is 10.7. The smallest absolute Gasteiger partial charge is 0.119 e. The Labute approximate surface area is 109 Å². The molecule has 0 spiro atoms. The maximum Gasteiger partial charge on any atom is 0.119 e. The number of phenolic OH excluding ortho intramolecular Hbond substituents is 1. The number of allylic oxidation sites excluding steroid dienone is 2. The van der Waals surface area contributed by atoms with Crippen LogP contribution in [0, 0.1) is 5.92 Å². The van der Waals surface area contributed by atoms with Gasteiger partial charge in [0.05, 0.1) is 0 Å². The van der Waals surface area contributed by atoms with E-state index in [0.717, 1.165) is 30.9 Å². The van der Waals surface area contributed by atoms with Gasteiger partial charge in [0.2, 0.25) is 0 Å². The third kappa shape index (κ3) is 2.30. The van der Waals surface area contributed by atoms with Crippen molar-refractivity contribution in [2.45, 2.75) is 38.1 Å². The van der Waals surface area contributed by atoms with Crippen LogP contribution in [0.1, 0.15) is 42.9 Å². The highest BCUT2D eigenvalue weighted by Crippen LogP contribution is 2.36. The van der Waals surface area contributed by atoms with E-state index in [1.807, 2.05) is 6.07 Å². The van der Waals surface area contributed by atoms with Gasteiger partial charge in [0.1, 0.15) is 5.75 Å². The van der Waals surface area contributed by atoms with Crippen LogP contribution in [0.15, 0.2) is 30.4 Å². The largest absolute Gasteiger partial charge is 0.508 e. The molecular formula is C16H21NO. The molecule has 2 aliphatic carbocycles. The first-order chi connectivity index (χ1) is 8.84. The summed E-state index contributed by atoms with van der Waals surface area (Å²) in [5.41, 5.74) is 2.46. The monoisotopic (exact) mass is 243 g/mol. The van der Waals surface area contributed by atoms with Crippen molar-refractivity contribution in [2.24, 2.45) is 5.92 Å². The van der Waals surface area contributed by atoms with Gasteiger partial charge in [0, 0.05) is 6.04 Å². The van der Waals surface area contributed by atoms with Crippen LogP contribution in [-0.2, 0) is 6.42 Å². The first-order valence-corrected chi connectivity index (χ1v) is 7.03. The molecule has 0 aromatic heterocycles. The molecule has 0 bridgehead atoms. The summed E-state index contributed by atoms with van der Waals surface area (Å²) >= 11 is 0. The molecule has 0 saturated heterocycles. The molecule has 3 rings (SSSR count). The number of hydrogen-bond acceptors (Lipinski definition) is 2. The lowest BCUT2D eigenvalue weighted by Crippen LogP contribution is -2.26. The van der Waals surface area contributed by atoms with Crippen molar-refractivity contribution >= 4 is 0 Å². The minimum absolute atomic E-state index is 0.443. The Balaban J connectivity index is 1.62. The van der Waals surface area contributed by atoms with E-state index in [4.69, 9.17) is 0 Å². The summed E-state index contributed by atoms with van der Waals surface area (Å²) in [6.07, 6.45) is 10.5. The fourth-order valence-corrected chi connectivity index (χ4v) is 3.20. The van der Waals surface area contributed by atoms with Crippen LogP contribution < -0.4 is 5.32 Å². The van der Waals surface area contributed by atoms with E-state index in [9.17, 15) is 5.11 Å². The standard InChI is InChI=1S/C16H21NO/c18-16-8-4-7-13-14(16)9-10-15(13)17-11-12-5-2-1-3-6-12/h1-2,4,7-8,12,15,17-18H,3,5-6,9-11H2. The number of hydrogen-bond donors (Lipinski definition) is 2. The van der Waals surface area contributed by atoms with Crippen molar-refractivity contribution in [3.8, 4) is 5.75 Å². The molecule has 2 aliphatic rings. The Hall–Kier alpha value is -1.28. The molecule has 0 radical (unpaired) electrons. The second kappa shape index (κ2) is 5.15. The van der Waals surface area contributed by atoms with Gasteiger partial charge in [-0.05, 0) is 61.8 Å². The van der Waals surface area contributed by atoms with E-state index < -0.39 is 0 Å². The predicted octanol–water partition coefficient (Wildman–Crippen LogP) is 3.33. The van der Waals surface area contributed by atoms with Gasteiger partial charge in [-0.25, -0.2) is 0 Å². The van der Waals surface area contributed by atoms with Gasteiger partial charge in [0.15, 0.2) is 0 Å². The van der Waals surface area contributed by atoms with E-state index in [-0.39, 0.29) is 0 Å².